The van der Waals surface area contributed by atoms with E-state index in [9.17, 15) is 15.0 Å². The Balaban J connectivity index is 2.53. The zero-order chi connectivity index (χ0) is 12.9. The fourth-order valence-corrected chi connectivity index (χ4v) is 3.20. The Morgan fingerprint density at radius 1 is 1.59 bits per heavy atom. The lowest BCUT2D eigenvalue weighted by Gasteiger charge is -2.30. The van der Waals surface area contributed by atoms with Crippen molar-refractivity contribution in [3.63, 3.8) is 0 Å². The third kappa shape index (κ3) is 3.84. The van der Waals surface area contributed by atoms with Crippen LogP contribution >= 0.6 is 11.8 Å². The van der Waals surface area contributed by atoms with E-state index in [-0.39, 0.29) is 12.5 Å². The highest BCUT2D eigenvalue weighted by molar-refractivity contribution is 7.99. The molecule has 0 aliphatic heterocycles. The van der Waals surface area contributed by atoms with E-state index in [0.29, 0.717) is 18.1 Å². The van der Waals surface area contributed by atoms with Crippen LogP contribution in [-0.2, 0) is 4.79 Å². The quantitative estimate of drug-likeness (QED) is 0.465. The molecule has 17 heavy (non-hydrogen) atoms. The molecule has 5 nitrogen and oxygen atoms in total. The van der Waals surface area contributed by atoms with Crippen molar-refractivity contribution in [3.05, 3.63) is 0 Å². The summed E-state index contributed by atoms with van der Waals surface area (Å²) in [7, 11) is 0. The fraction of sp³-hybridized carbons (Fsp3) is 0.909. The lowest BCUT2D eigenvalue weighted by Crippen LogP contribution is -2.56. The second kappa shape index (κ2) is 6.58. The van der Waals surface area contributed by atoms with E-state index in [1.807, 2.05) is 6.92 Å². The van der Waals surface area contributed by atoms with Crippen molar-refractivity contribution in [3.8, 4) is 0 Å². The average Bonchev–Trinajstić information content (AvgIpc) is 3.11. The molecule has 0 aromatic carbocycles. The molecular weight excluding hydrogens is 242 g/mol. The lowest BCUT2D eigenvalue weighted by molar-refractivity contribution is -0.144. The Labute approximate surface area is 106 Å². The van der Waals surface area contributed by atoms with Crippen molar-refractivity contribution < 1.29 is 20.1 Å². The molecule has 0 spiro atoms. The van der Waals surface area contributed by atoms with E-state index in [2.05, 4.69) is 5.32 Å². The van der Waals surface area contributed by atoms with Crippen LogP contribution in [0.3, 0.4) is 0 Å². The van der Waals surface area contributed by atoms with Gasteiger partial charge in [-0.1, -0.05) is 6.92 Å². The molecule has 0 heterocycles. The third-order valence-electron chi connectivity index (χ3n) is 3.00. The maximum atomic E-state index is 11.5. The SMILES string of the molecule is CCNC(CSCC(O)CO)(C(=O)O)C1CC1. The summed E-state index contributed by atoms with van der Waals surface area (Å²) in [6.45, 7) is 2.23. The van der Waals surface area contributed by atoms with Gasteiger partial charge >= 0.3 is 5.97 Å². The number of thioether (sulfide) groups is 1. The van der Waals surface area contributed by atoms with E-state index in [1.54, 1.807) is 0 Å². The van der Waals surface area contributed by atoms with Gasteiger partial charge in [0.15, 0.2) is 0 Å². The summed E-state index contributed by atoms with van der Waals surface area (Å²) < 4.78 is 0. The molecule has 0 bridgehead atoms. The summed E-state index contributed by atoms with van der Waals surface area (Å²) in [6.07, 6.45) is 1.12. The second-order valence-corrected chi connectivity index (χ2v) is 5.46. The van der Waals surface area contributed by atoms with Crippen LogP contribution in [0.1, 0.15) is 19.8 Å². The molecule has 1 rings (SSSR count). The van der Waals surface area contributed by atoms with Gasteiger partial charge in [-0.05, 0) is 25.3 Å². The fourth-order valence-electron chi connectivity index (χ4n) is 1.93. The first-order valence-electron chi connectivity index (χ1n) is 5.92. The summed E-state index contributed by atoms with van der Waals surface area (Å²) in [6, 6.07) is 0. The van der Waals surface area contributed by atoms with Crippen molar-refractivity contribution in [2.75, 3.05) is 24.7 Å². The highest BCUT2D eigenvalue weighted by Gasteiger charge is 2.50. The number of nitrogens with one attached hydrogen (secondary N) is 1. The lowest BCUT2D eigenvalue weighted by atomic mass is 9.96. The first-order valence-corrected chi connectivity index (χ1v) is 7.07. The molecule has 1 fully saturated rings. The summed E-state index contributed by atoms with van der Waals surface area (Å²) in [5.74, 6) is 0.174. The zero-order valence-corrected chi connectivity index (χ0v) is 10.9. The monoisotopic (exact) mass is 263 g/mol. The maximum absolute atomic E-state index is 11.5. The van der Waals surface area contributed by atoms with E-state index in [0.717, 1.165) is 12.8 Å². The average molecular weight is 263 g/mol. The number of aliphatic hydroxyl groups excluding tert-OH is 2. The van der Waals surface area contributed by atoms with Crippen molar-refractivity contribution in [2.45, 2.75) is 31.4 Å². The summed E-state index contributed by atoms with van der Waals surface area (Å²) in [4.78, 5) is 11.5. The number of hydrogen-bond acceptors (Lipinski definition) is 5. The largest absolute Gasteiger partial charge is 0.480 e. The highest BCUT2D eigenvalue weighted by atomic mass is 32.2. The van der Waals surface area contributed by atoms with Gasteiger partial charge in [-0.25, -0.2) is 0 Å². The first-order chi connectivity index (χ1) is 8.06. The molecular formula is C11H21NO4S. The maximum Gasteiger partial charge on any atom is 0.325 e. The van der Waals surface area contributed by atoms with Gasteiger partial charge in [0.05, 0.1) is 12.7 Å². The van der Waals surface area contributed by atoms with Gasteiger partial charge in [0, 0.05) is 11.5 Å². The van der Waals surface area contributed by atoms with Crippen LogP contribution in [0, 0.1) is 5.92 Å². The Bertz CT molecular complexity index is 260. The van der Waals surface area contributed by atoms with Crippen LogP contribution in [0.15, 0.2) is 0 Å². The van der Waals surface area contributed by atoms with Crippen LogP contribution < -0.4 is 5.32 Å². The molecule has 0 amide bonds. The van der Waals surface area contributed by atoms with E-state index in [4.69, 9.17) is 5.11 Å². The Morgan fingerprint density at radius 2 is 2.24 bits per heavy atom. The normalized spacial score (nSPS) is 20.9. The van der Waals surface area contributed by atoms with Gasteiger partial charge < -0.3 is 20.6 Å². The van der Waals surface area contributed by atoms with Crippen LogP contribution in [0.5, 0.6) is 0 Å². The number of rotatable bonds is 9. The Kier molecular flexibility index (Phi) is 5.72. The third-order valence-corrected chi connectivity index (χ3v) is 4.28. The first kappa shape index (κ1) is 14.8. The minimum atomic E-state index is -0.866. The molecule has 0 aromatic heterocycles. The zero-order valence-electron chi connectivity index (χ0n) is 10.1. The predicted octanol–water partition coefficient (Wildman–Crippen LogP) is -0.0843. The topological polar surface area (TPSA) is 89.8 Å². The standard InChI is InChI=1S/C11H21NO4S/c1-2-12-11(10(15)16,8-3-4-8)7-17-6-9(14)5-13/h8-9,12-14H,2-7H2,1H3,(H,15,16). The minimum absolute atomic E-state index is 0.193. The van der Waals surface area contributed by atoms with Crippen LogP contribution in [0.2, 0.25) is 0 Å². The molecule has 1 aliphatic rings. The number of likely N-dealkylation sites (N-methyl/N-ethyl adjacent to an activating group) is 1. The summed E-state index contributed by atoms with van der Waals surface area (Å²) in [5.41, 5.74) is -0.866. The predicted molar refractivity (Wildman–Crippen MR) is 67.2 cm³/mol. The molecule has 2 atom stereocenters. The number of carbonyl (C=O) groups is 1. The number of hydrogen-bond donors (Lipinski definition) is 4. The smallest absolute Gasteiger partial charge is 0.325 e. The summed E-state index contributed by atoms with van der Waals surface area (Å²) >= 11 is 1.38. The molecule has 0 aromatic rings. The van der Waals surface area contributed by atoms with E-state index >= 15 is 0 Å². The number of carboxylic acid groups (broad SMARTS) is 1. The van der Waals surface area contributed by atoms with Gasteiger partial charge in [-0.3, -0.25) is 4.79 Å². The summed E-state index contributed by atoms with van der Waals surface area (Å²) in [5, 5.41) is 30.4. The van der Waals surface area contributed by atoms with E-state index in [1.165, 1.54) is 11.8 Å². The van der Waals surface area contributed by atoms with Gasteiger partial charge in [0.25, 0.3) is 0 Å². The van der Waals surface area contributed by atoms with Crippen LogP contribution in [-0.4, -0.2) is 57.6 Å². The van der Waals surface area contributed by atoms with E-state index < -0.39 is 17.6 Å². The Morgan fingerprint density at radius 3 is 2.65 bits per heavy atom. The molecule has 4 N–H and O–H groups in total. The minimum Gasteiger partial charge on any atom is -0.480 e. The molecule has 0 radical (unpaired) electrons. The van der Waals surface area contributed by atoms with Crippen LogP contribution in [0.4, 0.5) is 0 Å². The van der Waals surface area contributed by atoms with Crippen molar-refractivity contribution in [1.29, 1.82) is 0 Å². The van der Waals surface area contributed by atoms with Crippen LogP contribution in [0.25, 0.3) is 0 Å². The highest BCUT2D eigenvalue weighted by Crippen LogP contribution is 2.41. The number of aliphatic hydroxyl groups is 2. The molecule has 100 valence electrons. The molecule has 2 unspecified atom stereocenters. The molecule has 0 saturated heterocycles. The van der Waals surface area contributed by atoms with Crippen molar-refractivity contribution in [2.24, 2.45) is 5.92 Å². The van der Waals surface area contributed by atoms with Gasteiger partial charge in [0.2, 0.25) is 0 Å². The second-order valence-electron chi connectivity index (χ2n) is 4.43. The molecule has 1 saturated carbocycles. The Hall–Kier alpha value is -0.300. The number of aliphatic carboxylic acids is 1. The van der Waals surface area contributed by atoms with Gasteiger partial charge in [-0.2, -0.15) is 11.8 Å². The van der Waals surface area contributed by atoms with Crippen molar-refractivity contribution >= 4 is 17.7 Å². The van der Waals surface area contributed by atoms with Crippen molar-refractivity contribution in [1.82, 2.24) is 5.32 Å². The molecule has 1 aliphatic carbocycles. The molecule has 6 heteroatoms. The van der Waals surface area contributed by atoms with Gasteiger partial charge in [-0.15, -0.1) is 0 Å². The van der Waals surface area contributed by atoms with Gasteiger partial charge in [0.1, 0.15) is 5.54 Å². The number of carboxylic acids is 1.